The monoisotopic (exact) mass is 468 g/mol. The van der Waals surface area contributed by atoms with Gasteiger partial charge in [0.1, 0.15) is 17.8 Å². The third kappa shape index (κ3) is 5.38. The average molecular weight is 469 g/mol. The number of carbonyl (C=O) groups excluding carboxylic acids is 2. The second-order valence-electron chi connectivity index (χ2n) is 8.75. The van der Waals surface area contributed by atoms with Crippen LogP contribution in [0.2, 0.25) is 0 Å². The molecule has 3 N–H and O–H groups in total. The lowest BCUT2D eigenvalue weighted by atomic mass is 10.0. The molecule has 2 aromatic carbocycles. The predicted molar refractivity (Wildman–Crippen MR) is 137 cm³/mol. The number of hydrogen-bond acceptors (Lipinski definition) is 6. The molecule has 0 unspecified atom stereocenters. The van der Waals surface area contributed by atoms with Crippen LogP contribution in [0, 0.1) is 0 Å². The van der Waals surface area contributed by atoms with Gasteiger partial charge in [-0.25, -0.2) is 9.97 Å². The number of ketones is 1. The van der Waals surface area contributed by atoms with Gasteiger partial charge in [0.25, 0.3) is 0 Å². The Kier molecular flexibility index (Phi) is 6.81. The summed E-state index contributed by atoms with van der Waals surface area (Å²) in [5.41, 5.74) is 3.12. The number of benzene rings is 2. The third-order valence-corrected chi connectivity index (χ3v) is 6.24. The van der Waals surface area contributed by atoms with Crippen molar-refractivity contribution in [2.75, 3.05) is 30.3 Å². The molecule has 35 heavy (non-hydrogen) atoms. The van der Waals surface area contributed by atoms with Crippen LogP contribution in [-0.4, -0.2) is 51.2 Å². The molecule has 0 saturated carbocycles. The number of nitrogens with zero attached hydrogens (tertiary/aromatic N) is 3. The highest BCUT2D eigenvalue weighted by molar-refractivity contribution is 6.18. The van der Waals surface area contributed by atoms with Gasteiger partial charge in [0.15, 0.2) is 5.78 Å². The van der Waals surface area contributed by atoms with Gasteiger partial charge in [-0.2, -0.15) is 0 Å². The van der Waals surface area contributed by atoms with E-state index in [9.17, 15) is 9.59 Å². The minimum Gasteiger partial charge on any atom is -0.345 e. The number of likely N-dealkylation sites (tertiary alicyclic amines) is 1. The van der Waals surface area contributed by atoms with Crippen LogP contribution < -0.4 is 10.6 Å². The molecule has 1 fully saturated rings. The topological polar surface area (TPSA) is 103 Å². The van der Waals surface area contributed by atoms with Crippen molar-refractivity contribution in [1.29, 1.82) is 0 Å². The highest BCUT2D eigenvalue weighted by Gasteiger charge is 2.18. The summed E-state index contributed by atoms with van der Waals surface area (Å²) in [6, 6.07) is 16.6. The van der Waals surface area contributed by atoms with Crippen LogP contribution in [0.4, 0.5) is 17.2 Å². The van der Waals surface area contributed by atoms with Gasteiger partial charge in [-0.05, 0) is 57.1 Å². The zero-order chi connectivity index (χ0) is 24.0. The van der Waals surface area contributed by atoms with Crippen LogP contribution in [0.25, 0.3) is 11.0 Å². The Labute approximate surface area is 203 Å². The fourth-order valence-corrected chi connectivity index (χ4v) is 4.49. The lowest BCUT2D eigenvalue weighted by molar-refractivity contribution is -0.116. The molecule has 0 radical (unpaired) electrons. The summed E-state index contributed by atoms with van der Waals surface area (Å²) in [6.45, 7) is 3.26. The first kappa shape index (κ1) is 22.7. The van der Waals surface area contributed by atoms with Crippen molar-refractivity contribution in [3.8, 4) is 0 Å². The second-order valence-corrected chi connectivity index (χ2v) is 8.75. The number of amides is 1. The van der Waals surface area contributed by atoms with E-state index in [1.165, 1.54) is 19.2 Å². The minimum atomic E-state index is -0.107. The zero-order valence-corrected chi connectivity index (χ0v) is 19.5. The maximum atomic E-state index is 13.1. The smallest absolute Gasteiger partial charge is 0.224 e. The summed E-state index contributed by atoms with van der Waals surface area (Å²) >= 11 is 0. The number of carbonyl (C=O) groups is 2. The molecule has 1 aliphatic rings. The number of aromatic amines is 1. The Hall–Kier alpha value is -4.04. The Morgan fingerprint density at radius 2 is 1.77 bits per heavy atom. The van der Waals surface area contributed by atoms with E-state index in [1.807, 2.05) is 42.5 Å². The van der Waals surface area contributed by atoms with Crippen LogP contribution in [0.1, 0.15) is 41.6 Å². The first-order valence-corrected chi connectivity index (χ1v) is 12.0. The minimum absolute atomic E-state index is 0.00662. The fourth-order valence-electron chi connectivity index (χ4n) is 4.49. The zero-order valence-electron chi connectivity index (χ0n) is 19.5. The number of hydrogen-bond donors (Lipinski definition) is 3. The maximum absolute atomic E-state index is 13.1. The molecular weight excluding hydrogens is 440 g/mol. The van der Waals surface area contributed by atoms with E-state index < -0.39 is 0 Å². The van der Waals surface area contributed by atoms with Gasteiger partial charge in [0.2, 0.25) is 5.91 Å². The van der Waals surface area contributed by atoms with Crippen molar-refractivity contribution < 1.29 is 9.59 Å². The first-order chi connectivity index (χ1) is 17.2. The molecule has 8 nitrogen and oxygen atoms in total. The maximum Gasteiger partial charge on any atom is 0.224 e. The number of anilines is 3. The molecule has 8 heteroatoms. The normalized spacial score (nSPS) is 13.7. The summed E-state index contributed by atoms with van der Waals surface area (Å²) in [5, 5.41) is 6.90. The van der Waals surface area contributed by atoms with Crippen LogP contribution >= 0.6 is 0 Å². The van der Waals surface area contributed by atoms with Gasteiger partial charge < -0.3 is 20.5 Å². The van der Waals surface area contributed by atoms with Crippen LogP contribution in [0.15, 0.2) is 67.1 Å². The second kappa shape index (κ2) is 10.5. The van der Waals surface area contributed by atoms with E-state index in [1.54, 1.807) is 18.3 Å². The molecule has 5 rings (SSSR count). The lowest BCUT2D eigenvalue weighted by Crippen LogP contribution is -2.22. The van der Waals surface area contributed by atoms with Crippen molar-refractivity contribution in [3.05, 3.63) is 78.2 Å². The molecule has 178 valence electrons. The molecule has 0 spiro atoms. The van der Waals surface area contributed by atoms with Crippen LogP contribution in [0.3, 0.4) is 0 Å². The molecule has 0 aliphatic carbocycles. The Balaban J connectivity index is 1.29. The largest absolute Gasteiger partial charge is 0.345 e. The summed E-state index contributed by atoms with van der Waals surface area (Å²) in [4.78, 5) is 39.7. The standard InChI is InChI=1S/C27H28N6O2/c34-23(12-7-15-33-13-4-5-14-33)31-20-10-6-11-21(16-20)32-27-24-22(17-28-26(24)29-18-30-27)25(35)19-8-2-1-3-9-19/h1-3,6,8-11,16-18H,4-5,7,12-15H2,(H,31,34)(H2,28,29,30,32). The van der Waals surface area contributed by atoms with Gasteiger partial charge in [-0.3, -0.25) is 9.59 Å². The molecular formula is C27H28N6O2. The SMILES string of the molecule is O=C(CCCN1CCCC1)Nc1cccc(Nc2ncnc3[nH]cc(C(=O)c4ccccc4)c23)c1. The summed E-state index contributed by atoms with van der Waals surface area (Å²) in [6.07, 6.45) is 6.98. The molecule has 0 atom stereocenters. The van der Waals surface area contributed by atoms with Crippen molar-refractivity contribution in [2.45, 2.75) is 25.7 Å². The molecule has 3 heterocycles. The third-order valence-electron chi connectivity index (χ3n) is 6.24. The van der Waals surface area contributed by atoms with Gasteiger partial charge in [-0.1, -0.05) is 36.4 Å². The van der Waals surface area contributed by atoms with E-state index in [2.05, 4.69) is 30.5 Å². The fraction of sp³-hybridized carbons (Fsp3) is 0.259. The van der Waals surface area contributed by atoms with Crippen LogP contribution in [-0.2, 0) is 4.79 Å². The van der Waals surface area contributed by atoms with Crippen LogP contribution in [0.5, 0.6) is 0 Å². The van der Waals surface area contributed by atoms with Gasteiger partial charge in [-0.15, -0.1) is 0 Å². The molecule has 2 aromatic heterocycles. The van der Waals surface area contributed by atoms with E-state index in [-0.39, 0.29) is 11.7 Å². The Bertz CT molecular complexity index is 1330. The van der Waals surface area contributed by atoms with Gasteiger partial charge in [0, 0.05) is 29.6 Å². The van der Waals surface area contributed by atoms with Gasteiger partial charge in [0.05, 0.1) is 10.9 Å². The van der Waals surface area contributed by atoms with E-state index in [0.29, 0.717) is 40.1 Å². The summed E-state index contributed by atoms with van der Waals surface area (Å²) in [7, 11) is 0. The summed E-state index contributed by atoms with van der Waals surface area (Å²) < 4.78 is 0. The lowest BCUT2D eigenvalue weighted by Gasteiger charge is -2.14. The van der Waals surface area contributed by atoms with Crippen molar-refractivity contribution >= 4 is 39.9 Å². The van der Waals surface area contributed by atoms with Crippen molar-refractivity contribution in [1.82, 2.24) is 19.9 Å². The number of aromatic nitrogens is 3. The Morgan fingerprint density at radius 1 is 0.971 bits per heavy atom. The highest BCUT2D eigenvalue weighted by Crippen LogP contribution is 2.28. The van der Waals surface area contributed by atoms with E-state index in [0.717, 1.165) is 31.7 Å². The van der Waals surface area contributed by atoms with E-state index in [4.69, 9.17) is 0 Å². The van der Waals surface area contributed by atoms with Gasteiger partial charge >= 0.3 is 0 Å². The highest BCUT2D eigenvalue weighted by atomic mass is 16.1. The predicted octanol–water partition coefficient (Wildman–Crippen LogP) is 4.75. The number of H-pyrrole nitrogens is 1. The average Bonchev–Trinajstić information content (AvgIpc) is 3.55. The van der Waals surface area contributed by atoms with Crippen molar-refractivity contribution in [3.63, 3.8) is 0 Å². The Morgan fingerprint density at radius 3 is 2.60 bits per heavy atom. The van der Waals surface area contributed by atoms with E-state index >= 15 is 0 Å². The summed E-state index contributed by atoms with van der Waals surface area (Å²) in [5.74, 6) is 0.418. The molecule has 1 saturated heterocycles. The van der Waals surface area contributed by atoms with Crippen molar-refractivity contribution in [2.24, 2.45) is 0 Å². The number of nitrogens with one attached hydrogen (secondary N) is 3. The molecule has 4 aromatic rings. The molecule has 0 bridgehead atoms. The number of fused-ring (bicyclic) bond motifs is 1. The quantitative estimate of drug-likeness (QED) is 0.307. The first-order valence-electron chi connectivity index (χ1n) is 12.0. The molecule has 1 amide bonds. The number of rotatable bonds is 9. The molecule has 1 aliphatic heterocycles.